The van der Waals surface area contributed by atoms with E-state index in [4.69, 9.17) is 0 Å². The summed E-state index contributed by atoms with van der Waals surface area (Å²) in [5, 5.41) is 2.27. The van der Waals surface area contributed by atoms with Crippen molar-refractivity contribution in [1.82, 2.24) is 5.32 Å². The molecule has 1 N–H and O–H groups in total. The molecule has 1 aliphatic rings. The first-order chi connectivity index (χ1) is 9.24. The first-order valence-electron chi connectivity index (χ1n) is 6.01. The summed E-state index contributed by atoms with van der Waals surface area (Å²) in [6, 6.07) is 17.1. The molecule has 0 spiro atoms. The zero-order valence-electron chi connectivity index (χ0n) is 10.2. The Morgan fingerprint density at radius 3 is 2.32 bits per heavy atom. The maximum Gasteiger partial charge on any atom is 0.329 e. The third kappa shape index (κ3) is 2.20. The van der Waals surface area contributed by atoms with Gasteiger partial charge in [-0.25, -0.2) is 4.79 Å². The van der Waals surface area contributed by atoms with Gasteiger partial charge in [-0.2, -0.15) is 0 Å². The van der Waals surface area contributed by atoms with Crippen LogP contribution in [-0.2, 0) is 4.79 Å². The average Bonchev–Trinajstić information content (AvgIpc) is 2.79. The van der Waals surface area contributed by atoms with Crippen molar-refractivity contribution < 1.29 is 9.59 Å². The van der Waals surface area contributed by atoms with Gasteiger partial charge in [0.1, 0.15) is 6.54 Å². The minimum Gasteiger partial charge on any atom is -0.285 e. The smallest absolute Gasteiger partial charge is 0.285 e. The van der Waals surface area contributed by atoms with Crippen LogP contribution in [0.4, 0.5) is 10.5 Å². The molecule has 0 radical (unpaired) electrons. The number of hydrogen-bond acceptors (Lipinski definition) is 2. The van der Waals surface area contributed by atoms with E-state index in [0.29, 0.717) is 0 Å². The molecule has 1 heterocycles. The number of nitrogens with zero attached hydrogens (tertiary/aromatic N) is 1. The van der Waals surface area contributed by atoms with E-state index in [0.717, 1.165) is 16.8 Å². The number of anilines is 1. The molecule has 0 aliphatic carbocycles. The van der Waals surface area contributed by atoms with Gasteiger partial charge in [-0.15, -0.1) is 0 Å². The summed E-state index contributed by atoms with van der Waals surface area (Å²) in [4.78, 5) is 24.3. The van der Waals surface area contributed by atoms with E-state index in [1.54, 1.807) is 0 Å². The van der Waals surface area contributed by atoms with E-state index < -0.39 is 0 Å². The zero-order valence-corrected chi connectivity index (χ0v) is 10.2. The SMILES string of the molecule is O=C1CN(c2cccc(-c3ccccc3)c2)C(=O)N1. The molecule has 4 nitrogen and oxygen atoms in total. The molecule has 94 valence electrons. The molecule has 19 heavy (non-hydrogen) atoms. The second-order valence-corrected chi connectivity index (χ2v) is 4.36. The van der Waals surface area contributed by atoms with Crippen molar-refractivity contribution in [3.63, 3.8) is 0 Å². The van der Waals surface area contributed by atoms with Gasteiger partial charge >= 0.3 is 6.03 Å². The first-order valence-corrected chi connectivity index (χ1v) is 6.01. The summed E-state index contributed by atoms with van der Waals surface area (Å²) in [7, 11) is 0. The highest BCUT2D eigenvalue weighted by Crippen LogP contribution is 2.25. The van der Waals surface area contributed by atoms with Gasteiger partial charge in [0.25, 0.3) is 0 Å². The standard InChI is InChI=1S/C15H12N2O2/c18-14-10-17(15(19)16-14)13-8-4-7-12(9-13)11-5-2-1-3-6-11/h1-9H,10H2,(H,16,18,19). The summed E-state index contributed by atoms with van der Waals surface area (Å²) in [5.74, 6) is -0.268. The molecule has 1 aliphatic heterocycles. The number of amides is 3. The molecule has 0 bridgehead atoms. The lowest BCUT2D eigenvalue weighted by Crippen LogP contribution is -2.27. The Bertz CT molecular complexity index is 638. The number of hydrogen-bond donors (Lipinski definition) is 1. The predicted octanol–water partition coefficient (Wildman–Crippen LogP) is 2.41. The topological polar surface area (TPSA) is 49.4 Å². The molecule has 2 aromatic carbocycles. The lowest BCUT2D eigenvalue weighted by molar-refractivity contribution is -0.117. The Morgan fingerprint density at radius 1 is 0.895 bits per heavy atom. The molecule has 0 aromatic heterocycles. The van der Waals surface area contributed by atoms with Crippen molar-refractivity contribution in [3.8, 4) is 11.1 Å². The number of carbonyl (C=O) groups excluding carboxylic acids is 2. The highest BCUT2D eigenvalue weighted by atomic mass is 16.2. The van der Waals surface area contributed by atoms with E-state index in [1.165, 1.54) is 4.90 Å². The summed E-state index contributed by atoms with van der Waals surface area (Å²) in [6.07, 6.45) is 0. The van der Waals surface area contributed by atoms with Crippen LogP contribution in [0.3, 0.4) is 0 Å². The van der Waals surface area contributed by atoms with E-state index in [1.807, 2.05) is 54.6 Å². The van der Waals surface area contributed by atoms with Gasteiger partial charge in [0.05, 0.1) is 0 Å². The molecular weight excluding hydrogens is 240 g/mol. The minimum absolute atomic E-state index is 0.0804. The number of rotatable bonds is 2. The van der Waals surface area contributed by atoms with Gasteiger partial charge in [0, 0.05) is 5.69 Å². The van der Waals surface area contributed by atoms with E-state index in [2.05, 4.69) is 5.32 Å². The second kappa shape index (κ2) is 4.57. The van der Waals surface area contributed by atoms with Crippen molar-refractivity contribution in [2.75, 3.05) is 11.4 Å². The molecular formula is C15H12N2O2. The summed E-state index contributed by atoms with van der Waals surface area (Å²) in [5.41, 5.74) is 2.82. The number of nitrogens with one attached hydrogen (secondary N) is 1. The number of carbonyl (C=O) groups is 2. The van der Waals surface area contributed by atoms with Crippen LogP contribution < -0.4 is 10.2 Å². The van der Waals surface area contributed by atoms with Crippen molar-refractivity contribution in [2.24, 2.45) is 0 Å². The quantitative estimate of drug-likeness (QED) is 0.834. The second-order valence-electron chi connectivity index (χ2n) is 4.36. The average molecular weight is 252 g/mol. The maximum atomic E-state index is 11.6. The van der Waals surface area contributed by atoms with Crippen LogP contribution in [0.1, 0.15) is 0 Å². The van der Waals surface area contributed by atoms with Crippen LogP contribution >= 0.6 is 0 Å². The fraction of sp³-hybridized carbons (Fsp3) is 0.0667. The molecule has 3 amide bonds. The van der Waals surface area contributed by atoms with Crippen LogP contribution in [0.5, 0.6) is 0 Å². The molecule has 1 fully saturated rings. The van der Waals surface area contributed by atoms with Crippen LogP contribution in [-0.4, -0.2) is 18.5 Å². The number of benzene rings is 2. The Kier molecular flexibility index (Phi) is 2.76. The normalized spacial score (nSPS) is 14.6. The zero-order chi connectivity index (χ0) is 13.2. The summed E-state index contributed by atoms with van der Waals surface area (Å²) >= 11 is 0. The van der Waals surface area contributed by atoms with Gasteiger partial charge in [0.15, 0.2) is 0 Å². The third-order valence-corrected chi connectivity index (χ3v) is 3.06. The molecule has 4 heteroatoms. The molecule has 0 atom stereocenters. The molecule has 3 rings (SSSR count). The number of urea groups is 1. The molecule has 1 saturated heterocycles. The van der Waals surface area contributed by atoms with E-state index >= 15 is 0 Å². The van der Waals surface area contributed by atoms with Gasteiger partial charge < -0.3 is 0 Å². The monoisotopic (exact) mass is 252 g/mol. The van der Waals surface area contributed by atoms with E-state index in [9.17, 15) is 9.59 Å². The van der Waals surface area contributed by atoms with Crippen molar-refractivity contribution in [1.29, 1.82) is 0 Å². The van der Waals surface area contributed by atoms with Crippen LogP contribution in [0.2, 0.25) is 0 Å². The first kappa shape index (κ1) is 11.5. The highest BCUT2D eigenvalue weighted by Gasteiger charge is 2.27. The minimum atomic E-state index is -0.366. The van der Waals surface area contributed by atoms with Gasteiger partial charge in [-0.05, 0) is 23.3 Å². The summed E-state index contributed by atoms with van der Waals surface area (Å²) < 4.78 is 0. The Morgan fingerprint density at radius 2 is 1.63 bits per heavy atom. The molecule has 0 unspecified atom stereocenters. The van der Waals surface area contributed by atoms with Crippen LogP contribution in [0.25, 0.3) is 11.1 Å². The maximum absolute atomic E-state index is 11.6. The summed E-state index contributed by atoms with van der Waals surface area (Å²) in [6.45, 7) is 0.0804. The Labute approximate surface area is 110 Å². The van der Waals surface area contributed by atoms with Crippen molar-refractivity contribution >= 4 is 17.6 Å². The Hall–Kier alpha value is -2.62. The van der Waals surface area contributed by atoms with Gasteiger partial charge in [-0.3, -0.25) is 15.0 Å². The van der Waals surface area contributed by atoms with Gasteiger partial charge in [0.2, 0.25) is 5.91 Å². The Balaban J connectivity index is 1.97. The van der Waals surface area contributed by atoms with Crippen LogP contribution in [0.15, 0.2) is 54.6 Å². The molecule has 0 saturated carbocycles. The largest absolute Gasteiger partial charge is 0.329 e. The molecule has 2 aromatic rings. The van der Waals surface area contributed by atoms with Gasteiger partial charge in [-0.1, -0.05) is 42.5 Å². The fourth-order valence-corrected chi connectivity index (χ4v) is 2.13. The third-order valence-electron chi connectivity index (χ3n) is 3.06. The highest BCUT2D eigenvalue weighted by molar-refractivity contribution is 6.12. The predicted molar refractivity (Wildman–Crippen MR) is 72.8 cm³/mol. The van der Waals surface area contributed by atoms with Crippen molar-refractivity contribution in [3.05, 3.63) is 54.6 Å². The fourth-order valence-electron chi connectivity index (χ4n) is 2.13. The van der Waals surface area contributed by atoms with E-state index in [-0.39, 0.29) is 18.5 Å². The number of imide groups is 1. The van der Waals surface area contributed by atoms with Crippen molar-refractivity contribution in [2.45, 2.75) is 0 Å². The van der Waals surface area contributed by atoms with Crippen LogP contribution in [0, 0.1) is 0 Å². The lowest BCUT2D eigenvalue weighted by Gasteiger charge is -2.14. The lowest BCUT2D eigenvalue weighted by atomic mass is 10.1.